The van der Waals surface area contributed by atoms with Crippen LogP contribution in [0.4, 0.5) is 5.69 Å². The van der Waals surface area contributed by atoms with Gasteiger partial charge in [0.25, 0.3) is 0 Å². The molecule has 1 aromatic carbocycles. The Morgan fingerprint density at radius 3 is 2.80 bits per heavy atom. The number of anilines is 1. The van der Waals surface area contributed by atoms with Crippen LogP contribution in [0.3, 0.4) is 0 Å². The number of carbonyl (C=O) groups is 1. The number of nitrogen functional groups attached to an aromatic ring is 1. The number of ether oxygens (including phenoxy) is 1. The second-order valence-corrected chi connectivity index (χ2v) is 5.48. The van der Waals surface area contributed by atoms with Crippen LogP contribution in [0.25, 0.3) is 0 Å². The van der Waals surface area contributed by atoms with E-state index < -0.39 is 0 Å². The fraction of sp³-hybridized carbons (Fsp3) is 0.562. The van der Waals surface area contributed by atoms with E-state index in [1.54, 1.807) is 0 Å². The standard InChI is InChI=1S/C16H24N2O2/c1-12(13-5-7-14(17)8-6-13)18-16(19)10-9-15-4-2-3-11-20-15/h5-8,12,15H,2-4,9-11,17H2,1H3,(H,18,19). The van der Waals surface area contributed by atoms with Gasteiger partial charge in [0.1, 0.15) is 0 Å². The molecule has 0 bridgehead atoms. The van der Waals surface area contributed by atoms with Crippen LogP contribution in [-0.4, -0.2) is 18.6 Å². The molecule has 1 aliphatic heterocycles. The molecule has 110 valence electrons. The van der Waals surface area contributed by atoms with Crippen LogP contribution in [0.2, 0.25) is 0 Å². The number of carbonyl (C=O) groups excluding carboxylic acids is 1. The van der Waals surface area contributed by atoms with Gasteiger partial charge in [-0.25, -0.2) is 0 Å². The van der Waals surface area contributed by atoms with Crippen molar-refractivity contribution >= 4 is 11.6 Å². The summed E-state index contributed by atoms with van der Waals surface area (Å²) in [6.07, 6.45) is 5.07. The highest BCUT2D eigenvalue weighted by Crippen LogP contribution is 2.18. The summed E-state index contributed by atoms with van der Waals surface area (Å²) in [6.45, 7) is 2.83. The predicted octanol–water partition coefficient (Wildman–Crippen LogP) is 2.80. The van der Waals surface area contributed by atoms with Gasteiger partial charge in [-0.3, -0.25) is 4.79 Å². The molecule has 20 heavy (non-hydrogen) atoms. The van der Waals surface area contributed by atoms with Crippen molar-refractivity contribution in [3.63, 3.8) is 0 Å². The highest BCUT2D eigenvalue weighted by Gasteiger charge is 2.16. The van der Waals surface area contributed by atoms with Gasteiger partial charge in [0.15, 0.2) is 0 Å². The highest BCUT2D eigenvalue weighted by atomic mass is 16.5. The van der Waals surface area contributed by atoms with Crippen molar-refractivity contribution in [3.8, 4) is 0 Å². The van der Waals surface area contributed by atoms with Crippen LogP contribution in [0.5, 0.6) is 0 Å². The maximum Gasteiger partial charge on any atom is 0.220 e. The first-order valence-corrected chi connectivity index (χ1v) is 7.41. The van der Waals surface area contributed by atoms with Crippen molar-refractivity contribution in [2.24, 2.45) is 0 Å². The Morgan fingerprint density at radius 2 is 2.15 bits per heavy atom. The minimum atomic E-state index is 0.00961. The maximum atomic E-state index is 11.9. The first-order chi connectivity index (χ1) is 9.65. The lowest BCUT2D eigenvalue weighted by atomic mass is 10.0. The third kappa shape index (κ3) is 4.53. The third-order valence-electron chi connectivity index (χ3n) is 3.78. The fourth-order valence-electron chi connectivity index (χ4n) is 2.51. The van der Waals surface area contributed by atoms with Crippen LogP contribution in [-0.2, 0) is 9.53 Å². The number of hydrogen-bond donors (Lipinski definition) is 2. The first-order valence-electron chi connectivity index (χ1n) is 7.41. The summed E-state index contributed by atoms with van der Waals surface area (Å²) in [6, 6.07) is 7.62. The summed E-state index contributed by atoms with van der Waals surface area (Å²) in [5.74, 6) is 0.0866. The van der Waals surface area contributed by atoms with Crippen molar-refractivity contribution in [2.45, 2.75) is 51.2 Å². The van der Waals surface area contributed by atoms with Crippen LogP contribution in [0.1, 0.15) is 50.6 Å². The lowest BCUT2D eigenvalue weighted by Gasteiger charge is -2.22. The lowest BCUT2D eigenvalue weighted by Crippen LogP contribution is -2.28. The van der Waals surface area contributed by atoms with Gasteiger partial charge in [0.05, 0.1) is 12.1 Å². The third-order valence-corrected chi connectivity index (χ3v) is 3.78. The number of hydrogen-bond acceptors (Lipinski definition) is 3. The van der Waals surface area contributed by atoms with Gasteiger partial charge in [-0.1, -0.05) is 12.1 Å². The van der Waals surface area contributed by atoms with E-state index in [0.717, 1.165) is 37.1 Å². The van der Waals surface area contributed by atoms with Gasteiger partial charge in [-0.15, -0.1) is 0 Å². The molecule has 1 fully saturated rings. The van der Waals surface area contributed by atoms with E-state index in [1.807, 2.05) is 31.2 Å². The molecule has 0 spiro atoms. The lowest BCUT2D eigenvalue weighted by molar-refractivity contribution is -0.122. The maximum absolute atomic E-state index is 11.9. The van der Waals surface area contributed by atoms with E-state index >= 15 is 0 Å². The topological polar surface area (TPSA) is 64.3 Å². The quantitative estimate of drug-likeness (QED) is 0.813. The normalized spacial score (nSPS) is 20.4. The molecular weight excluding hydrogens is 252 g/mol. The SMILES string of the molecule is CC(NC(=O)CCC1CCCCO1)c1ccc(N)cc1. The van der Waals surface area contributed by atoms with Gasteiger partial charge in [0, 0.05) is 18.7 Å². The molecule has 1 aliphatic rings. The Labute approximate surface area is 120 Å². The van der Waals surface area contributed by atoms with Crippen LogP contribution >= 0.6 is 0 Å². The molecule has 1 aromatic rings. The Hall–Kier alpha value is -1.55. The average molecular weight is 276 g/mol. The Bertz CT molecular complexity index is 425. The average Bonchev–Trinajstić information content (AvgIpc) is 2.47. The zero-order valence-electron chi connectivity index (χ0n) is 12.1. The number of rotatable bonds is 5. The van der Waals surface area contributed by atoms with Gasteiger partial charge in [-0.2, -0.15) is 0 Å². The van der Waals surface area contributed by atoms with Gasteiger partial charge < -0.3 is 15.8 Å². The second kappa shape index (κ2) is 7.29. The predicted molar refractivity (Wildman–Crippen MR) is 80.2 cm³/mol. The monoisotopic (exact) mass is 276 g/mol. The molecule has 0 radical (unpaired) electrons. The molecule has 3 N–H and O–H groups in total. The second-order valence-electron chi connectivity index (χ2n) is 5.48. The Kier molecular flexibility index (Phi) is 5.41. The smallest absolute Gasteiger partial charge is 0.220 e. The Balaban J connectivity index is 1.74. The van der Waals surface area contributed by atoms with Gasteiger partial charge in [0.2, 0.25) is 5.91 Å². The van der Waals surface area contributed by atoms with E-state index in [9.17, 15) is 4.79 Å². The summed E-state index contributed by atoms with van der Waals surface area (Å²) in [4.78, 5) is 11.9. The van der Waals surface area contributed by atoms with Crippen LogP contribution < -0.4 is 11.1 Å². The molecule has 2 atom stereocenters. The molecule has 1 saturated heterocycles. The Morgan fingerprint density at radius 1 is 1.40 bits per heavy atom. The van der Waals surface area contributed by atoms with Crippen LogP contribution in [0, 0.1) is 0 Å². The molecule has 4 nitrogen and oxygen atoms in total. The number of benzene rings is 1. The summed E-state index contributed by atoms with van der Waals surface area (Å²) >= 11 is 0. The zero-order chi connectivity index (χ0) is 14.4. The van der Waals surface area contributed by atoms with Gasteiger partial charge in [-0.05, 0) is 50.3 Å². The van der Waals surface area contributed by atoms with E-state index in [-0.39, 0.29) is 18.1 Å². The minimum absolute atomic E-state index is 0.00961. The molecular formula is C16H24N2O2. The summed E-state index contributed by atoms with van der Waals surface area (Å²) in [7, 11) is 0. The molecule has 2 rings (SSSR count). The molecule has 1 amide bonds. The summed E-state index contributed by atoms with van der Waals surface area (Å²) in [5.41, 5.74) is 7.47. The van der Waals surface area contributed by atoms with Crippen molar-refractivity contribution < 1.29 is 9.53 Å². The van der Waals surface area contributed by atoms with Crippen molar-refractivity contribution in [1.29, 1.82) is 0 Å². The van der Waals surface area contributed by atoms with E-state index in [0.29, 0.717) is 6.42 Å². The minimum Gasteiger partial charge on any atom is -0.399 e. The number of amides is 1. The van der Waals surface area contributed by atoms with E-state index in [1.165, 1.54) is 6.42 Å². The van der Waals surface area contributed by atoms with Gasteiger partial charge >= 0.3 is 0 Å². The van der Waals surface area contributed by atoms with Crippen molar-refractivity contribution in [3.05, 3.63) is 29.8 Å². The largest absolute Gasteiger partial charge is 0.399 e. The van der Waals surface area contributed by atoms with Crippen molar-refractivity contribution in [2.75, 3.05) is 12.3 Å². The molecule has 0 saturated carbocycles. The zero-order valence-corrected chi connectivity index (χ0v) is 12.1. The summed E-state index contributed by atoms with van der Waals surface area (Å²) in [5, 5.41) is 3.02. The van der Waals surface area contributed by atoms with Crippen LogP contribution in [0.15, 0.2) is 24.3 Å². The van der Waals surface area contributed by atoms with E-state index in [4.69, 9.17) is 10.5 Å². The number of nitrogens with one attached hydrogen (secondary N) is 1. The van der Waals surface area contributed by atoms with Crippen molar-refractivity contribution in [1.82, 2.24) is 5.32 Å². The molecule has 4 heteroatoms. The molecule has 1 heterocycles. The fourth-order valence-corrected chi connectivity index (χ4v) is 2.51. The molecule has 0 aromatic heterocycles. The number of nitrogens with two attached hydrogens (primary N) is 1. The first kappa shape index (κ1) is 14.9. The summed E-state index contributed by atoms with van der Waals surface area (Å²) < 4.78 is 5.64. The van der Waals surface area contributed by atoms with E-state index in [2.05, 4.69) is 5.32 Å². The molecule has 2 unspecified atom stereocenters. The highest BCUT2D eigenvalue weighted by molar-refractivity contribution is 5.76. The molecule has 0 aliphatic carbocycles.